The van der Waals surface area contributed by atoms with E-state index in [9.17, 15) is 14.0 Å². The van der Waals surface area contributed by atoms with Gasteiger partial charge in [-0.05, 0) is 31.2 Å². The van der Waals surface area contributed by atoms with Crippen LogP contribution in [0.2, 0.25) is 0 Å². The molecular formula is C22H18F2N5O2-. The molecule has 0 unspecified atom stereocenters. The van der Waals surface area contributed by atoms with Gasteiger partial charge in [0, 0.05) is 43.1 Å². The smallest absolute Gasteiger partial charge is 0.168 e. The Hall–Kier alpha value is -3.88. The zero-order chi connectivity index (χ0) is 21.9. The number of hydrogen-bond donors (Lipinski definition) is 0. The Balaban J connectivity index is 1.76. The summed E-state index contributed by atoms with van der Waals surface area (Å²) in [6.45, 7) is 2.27. The molecule has 158 valence electrons. The van der Waals surface area contributed by atoms with Gasteiger partial charge in [-0.2, -0.15) is 5.10 Å². The minimum Gasteiger partial charge on any atom is -0.790 e. The van der Waals surface area contributed by atoms with Crippen LogP contribution in [-0.2, 0) is 13.6 Å². The standard InChI is InChI=1S/C22H18F2N5O2/c1-12-26-21-18(28(12)3)6-5-14(22(21)31-20-7-4-13(23)8-17(20)24)16-10-27(2)11-19-15(16)9-25-29(19)30/h4-10H,11H2,1-3H3/q-1. The molecule has 2 aromatic heterocycles. The molecule has 31 heavy (non-hydrogen) atoms. The maximum Gasteiger partial charge on any atom is 0.168 e. The number of benzene rings is 2. The van der Waals surface area contributed by atoms with Crippen molar-refractivity contribution >= 4 is 16.6 Å². The van der Waals surface area contributed by atoms with Crippen LogP contribution in [0.25, 0.3) is 16.6 Å². The Bertz CT molecular complexity index is 1370. The summed E-state index contributed by atoms with van der Waals surface area (Å²) < 4.78 is 35.7. The highest BCUT2D eigenvalue weighted by Gasteiger charge is 2.25. The quantitative estimate of drug-likeness (QED) is 0.492. The van der Waals surface area contributed by atoms with Gasteiger partial charge in [0.1, 0.15) is 17.2 Å². The van der Waals surface area contributed by atoms with E-state index in [0.717, 1.165) is 23.5 Å². The molecule has 0 saturated carbocycles. The van der Waals surface area contributed by atoms with Crippen molar-refractivity contribution in [2.24, 2.45) is 7.05 Å². The zero-order valence-electron chi connectivity index (χ0n) is 17.1. The third-order valence-corrected chi connectivity index (χ3v) is 5.50. The fraction of sp³-hybridized carbons (Fsp3) is 0.182. The van der Waals surface area contributed by atoms with E-state index in [1.54, 1.807) is 0 Å². The van der Waals surface area contributed by atoms with Crippen LogP contribution in [0.4, 0.5) is 8.78 Å². The number of ether oxygens (including phenoxy) is 1. The topological polar surface area (TPSA) is 71.2 Å². The Kier molecular flexibility index (Phi) is 4.21. The van der Waals surface area contributed by atoms with Gasteiger partial charge >= 0.3 is 0 Å². The van der Waals surface area contributed by atoms with Crippen LogP contribution in [0, 0.1) is 23.8 Å². The van der Waals surface area contributed by atoms with Crippen LogP contribution >= 0.6 is 0 Å². The maximum absolute atomic E-state index is 14.4. The minimum absolute atomic E-state index is 0.122. The van der Waals surface area contributed by atoms with E-state index in [-0.39, 0.29) is 5.75 Å². The van der Waals surface area contributed by atoms with Gasteiger partial charge in [-0.3, -0.25) is 4.85 Å². The minimum atomic E-state index is -0.821. The average molecular weight is 422 g/mol. The fourth-order valence-corrected chi connectivity index (χ4v) is 3.85. The van der Waals surface area contributed by atoms with E-state index < -0.39 is 11.6 Å². The first-order valence-corrected chi connectivity index (χ1v) is 9.59. The first-order valence-electron chi connectivity index (χ1n) is 9.59. The lowest BCUT2D eigenvalue weighted by atomic mass is 9.95. The van der Waals surface area contributed by atoms with E-state index in [1.807, 2.05) is 48.8 Å². The van der Waals surface area contributed by atoms with Crippen molar-refractivity contribution in [3.63, 3.8) is 0 Å². The molecule has 0 saturated heterocycles. The van der Waals surface area contributed by atoms with Crippen LogP contribution in [0.5, 0.6) is 11.5 Å². The summed E-state index contributed by atoms with van der Waals surface area (Å²) in [6.07, 6.45) is 3.39. The lowest BCUT2D eigenvalue weighted by Gasteiger charge is -2.26. The first-order chi connectivity index (χ1) is 14.8. The van der Waals surface area contributed by atoms with Crippen LogP contribution < -0.4 is 4.74 Å². The average Bonchev–Trinajstić information content (AvgIpc) is 3.24. The lowest BCUT2D eigenvalue weighted by molar-refractivity contribution is 0.429. The molecule has 0 aliphatic carbocycles. The SMILES string of the molecule is Cc1nc2c(Oc3ccc(F)cc3F)c(C3=CN(C)Cc4c3cnn4[O-])ccc2n1C. The van der Waals surface area contributed by atoms with Crippen LogP contribution in [0.3, 0.4) is 0 Å². The van der Waals surface area contributed by atoms with Crippen molar-refractivity contribution in [1.82, 2.24) is 24.4 Å². The van der Waals surface area contributed by atoms with E-state index >= 15 is 0 Å². The number of imidazole rings is 1. The Morgan fingerprint density at radius 2 is 1.90 bits per heavy atom. The molecule has 0 fully saturated rings. The number of aryl methyl sites for hydroxylation is 2. The van der Waals surface area contributed by atoms with E-state index in [0.29, 0.717) is 45.1 Å². The van der Waals surface area contributed by atoms with Gasteiger partial charge in [-0.1, -0.05) is 0 Å². The van der Waals surface area contributed by atoms with E-state index in [4.69, 9.17) is 4.74 Å². The Morgan fingerprint density at radius 1 is 1.10 bits per heavy atom. The van der Waals surface area contributed by atoms with Gasteiger partial charge in [-0.15, -0.1) is 0 Å². The molecule has 1 aliphatic heterocycles. The summed E-state index contributed by atoms with van der Waals surface area (Å²) in [4.78, 5) is 7.07. The first kappa shape index (κ1) is 19.1. The number of nitrogens with zero attached hydrogens (tertiary/aromatic N) is 5. The second-order valence-corrected chi connectivity index (χ2v) is 7.54. The van der Waals surface area contributed by atoms with Gasteiger partial charge in [-0.25, -0.2) is 13.8 Å². The van der Waals surface area contributed by atoms with Crippen molar-refractivity contribution in [1.29, 1.82) is 0 Å². The molecule has 0 radical (unpaired) electrons. The Labute approximate surface area is 176 Å². The third-order valence-electron chi connectivity index (χ3n) is 5.50. The number of rotatable bonds is 3. The molecule has 4 aromatic rings. The fourth-order valence-electron chi connectivity index (χ4n) is 3.85. The highest BCUT2D eigenvalue weighted by atomic mass is 19.1. The largest absolute Gasteiger partial charge is 0.790 e. The number of hydrogen-bond acceptors (Lipinski definition) is 5. The molecule has 9 heteroatoms. The van der Waals surface area contributed by atoms with Gasteiger partial charge < -0.3 is 19.4 Å². The van der Waals surface area contributed by atoms with Crippen LogP contribution in [0.15, 0.2) is 42.7 Å². The molecule has 0 N–H and O–H groups in total. The van der Waals surface area contributed by atoms with Gasteiger partial charge in [0.2, 0.25) is 0 Å². The molecule has 3 heterocycles. The van der Waals surface area contributed by atoms with Crippen molar-refractivity contribution in [3.8, 4) is 11.5 Å². The summed E-state index contributed by atoms with van der Waals surface area (Å²) in [5.41, 5.74) is 3.83. The maximum atomic E-state index is 14.4. The number of halogens is 2. The summed E-state index contributed by atoms with van der Waals surface area (Å²) in [6, 6.07) is 6.89. The van der Waals surface area contributed by atoms with Crippen LogP contribution in [-0.4, -0.2) is 31.4 Å². The normalized spacial score (nSPS) is 13.5. The van der Waals surface area contributed by atoms with Crippen molar-refractivity contribution in [2.45, 2.75) is 13.5 Å². The molecule has 0 bridgehead atoms. The van der Waals surface area contributed by atoms with Gasteiger partial charge in [0.15, 0.2) is 17.3 Å². The molecule has 0 atom stereocenters. The van der Waals surface area contributed by atoms with Crippen molar-refractivity contribution in [3.05, 3.63) is 82.2 Å². The van der Waals surface area contributed by atoms with Gasteiger partial charge in [0.05, 0.1) is 24.0 Å². The van der Waals surface area contributed by atoms with Crippen LogP contribution in [0.1, 0.15) is 22.6 Å². The second-order valence-electron chi connectivity index (χ2n) is 7.54. The summed E-state index contributed by atoms with van der Waals surface area (Å²) in [5.74, 6) is -0.570. The number of fused-ring (bicyclic) bond motifs is 2. The van der Waals surface area contributed by atoms with Crippen molar-refractivity contribution < 1.29 is 13.5 Å². The molecule has 0 spiro atoms. The molecular weight excluding hydrogens is 404 g/mol. The summed E-state index contributed by atoms with van der Waals surface area (Å²) in [5, 5.41) is 16.0. The lowest BCUT2D eigenvalue weighted by Crippen LogP contribution is -2.19. The number of aromatic nitrogens is 4. The molecule has 7 nitrogen and oxygen atoms in total. The third kappa shape index (κ3) is 3.00. The van der Waals surface area contributed by atoms with E-state index in [1.165, 1.54) is 12.3 Å². The van der Waals surface area contributed by atoms with Crippen molar-refractivity contribution in [2.75, 3.05) is 7.05 Å². The second kappa shape index (κ2) is 6.83. The van der Waals surface area contributed by atoms with Gasteiger partial charge in [0.25, 0.3) is 0 Å². The monoisotopic (exact) mass is 422 g/mol. The highest BCUT2D eigenvalue weighted by Crippen LogP contribution is 2.42. The van der Waals surface area contributed by atoms with E-state index in [2.05, 4.69) is 10.1 Å². The summed E-state index contributed by atoms with van der Waals surface area (Å²) >= 11 is 0. The molecule has 0 amide bonds. The molecule has 2 aromatic carbocycles. The molecule has 1 aliphatic rings. The highest BCUT2D eigenvalue weighted by molar-refractivity contribution is 5.94. The zero-order valence-corrected chi connectivity index (χ0v) is 17.1. The molecule has 5 rings (SSSR count). The predicted octanol–water partition coefficient (Wildman–Crippen LogP) is 4.33. The predicted molar refractivity (Wildman–Crippen MR) is 111 cm³/mol. The summed E-state index contributed by atoms with van der Waals surface area (Å²) in [7, 11) is 3.72. The Morgan fingerprint density at radius 3 is 2.68 bits per heavy atom.